The zero-order valence-corrected chi connectivity index (χ0v) is 16.3. The first-order valence-corrected chi connectivity index (χ1v) is 9.70. The second-order valence-corrected chi connectivity index (χ2v) is 6.91. The lowest BCUT2D eigenvalue weighted by Crippen LogP contribution is -1.99. The highest BCUT2D eigenvalue weighted by Crippen LogP contribution is 2.23. The molecule has 3 heteroatoms. The lowest BCUT2D eigenvalue weighted by molar-refractivity contribution is -0.136. The summed E-state index contributed by atoms with van der Waals surface area (Å²) < 4.78 is 5.76. The van der Waals surface area contributed by atoms with E-state index in [1.807, 2.05) is 72.8 Å². The Kier molecular flexibility index (Phi) is 5.78. The summed E-state index contributed by atoms with van der Waals surface area (Å²) in [6.07, 6.45) is 0.0183. The SMILES string of the molecule is O=C(O)Cc1cccc(-c2ccc(OCC#Cc3cccc4ccccc34)cc2)c1. The molecule has 0 spiro atoms. The van der Waals surface area contributed by atoms with Gasteiger partial charge in [0.1, 0.15) is 12.4 Å². The van der Waals surface area contributed by atoms with Gasteiger partial charge in [-0.3, -0.25) is 4.79 Å². The summed E-state index contributed by atoms with van der Waals surface area (Å²) in [5, 5.41) is 11.3. The third-order valence-corrected chi connectivity index (χ3v) is 4.79. The van der Waals surface area contributed by atoms with Crippen molar-refractivity contribution >= 4 is 16.7 Å². The molecule has 0 saturated carbocycles. The Balaban J connectivity index is 1.41. The number of benzene rings is 4. The minimum atomic E-state index is -0.833. The lowest BCUT2D eigenvalue weighted by atomic mass is 10.0. The first-order valence-electron chi connectivity index (χ1n) is 9.70. The number of fused-ring (bicyclic) bond motifs is 1. The molecule has 0 radical (unpaired) electrons. The maximum Gasteiger partial charge on any atom is 0.307 e. The van der Waals surface area contributed by atoms with Gasteiger partial charge in [0.25, 0.3) is 0 Å². The van der Waals surface area contributed by atoms with E-state index in [9.17, 15) is 4.79 Å². The fraction of sp³-hybridized carbons (Fsp3) is 0.0741. The first kappa shape index (κ1) is 19.3. The Bertz CT molecular complexity index is 1240. The quantitative estimate of drug-likeness (QED) is 0.452. The van der Waals surface area contributed by atoms with Crippen LogP contribution in [-0.4, -0.2) is 17.7 Å². The molecule has 146 valence electrons. The van der Waals surface area contributed by atoms with E-state index in [2.05, 4.69) is 30.0 Å². The van der Waals surface area contributed by atoms with Crippen molar-refractivity contribution in [1.29, 1.82) is 0 Å². The number of rotatable bonds is 5. The molecule has 0 heterocycles. The van der Waals surface area contributed by atoms with E-state index in [4.69, 9.17) is 9.84 Å². The van der Waals surface area contributed by atoms with E-state index < -0.39 is 5.97 Å². The van der Waals surface area contributed by atoms with Gasteiger partial charge in [-0.05, 0) is 45.7 Å². The molecule has 4 aromatic rings. The van der Waals surface area contributed by atoms with Gasteiger partial charge in [0.2, 0.25) is 0 Å². The standard InChI is InChI=1S/C27H20O3/c28-27(29)19-20-6-3-10-24(18-20)21-13-15-25(16-14-21)30-17-5-11-23-9-4-8-22-7-1-2-12-26(22)23/h1-4,6-10,12-16,18H,17,19H2,(H,28,29). The van der Waals surface area contributed by atoms with Crippen LogP contribution in [0.2, 0.25) is 0 Å². The van der Waals surface area contributed by atoms with E-state index in [0.29, 0.717) is 6.61 Å². The Hall–Kier alpha value is -4.03. The van der Waals surface area contributed by atoms with Gasteiger partial charge in [-0.2, -0.15) is 0 Å². The molecule has 0 aliphatic rings. The summed E-state index contributed by atoms with van der Waals surface area (Å²) in [5.41, 5.74) is 3.77. The summed E-state index contributed by atoms with van der Waals surface area (Å²) in [5.74, 6) is 6.19. The fourth-order valence-corrected chi connectivity index (χ4v) is 3.36. The first-order chi connectivity index (χ1) is 14.7. The van der Waals surface area contributed by atoms with Crippen LogP contribution in [0.1, 0.15) is 11.1 Å². The molecule has 1 N–H and O–H groups in total. The molecule has 0 aliphatic heterocycles. The van der Waals surface area contributed by atoms with Gasteiger partial charge in [-0.1, -0.05) is 84.6 Å². The van der Waals surface area contributed by atoms with Crippen LogP contribution in [0.15, 0.2) is 91.0 Å². The molecule has 3 nitrogen and oxygen atoms in total. The average molecular weight is 392 g/mol. The molecule has 4 aromatic carbocycles. The Labute approximate surface area is 175 Å². The number of carboxylic acid groups (broad SMARTS) is 1. The normalized spacial score (nSPS) is 10.3. The highest BCUT2D eigenvalue weighted by molar-refractivity contribution is 5.88. The number of hydrogen-bond acceptors (Lipinski definition) is 2. The topological polar surface area (TPSA) is 46.5 Å². The molecule has 0 bridgehead atoms. The van der Waals surface area contributed by atoms with Gasteiger partial charge in [-0.15, -0.1) is 0 Å². The maximum absolute atomic E-state index is 10.9. The van der Waals surface area contributed by atoms with E-state index in [1.54, 1.807) is 0 Å². The molecule has 0 fully saturated rings. The second kappa shape index (κ2) is 8.98. The van der Waals surface area contributed by atoms with Crippen LogP contribution in [0.4, 0.5) is 0 Å². The molecular weight excluding hydrogens is 372 g/mol. The fourth-order valence-electron chi connectivity index (χ4n) is 3.36. The van der Waals surface area contributed by atoms with Crippen molar-refractivity contribution in [1.82, 2.24) is 0 Å². The van der Waals surface area contributed by atoms with Crippen LogP contribution in [0.5, 0.6) is 5.75 Å². The van der Waals surface area contributed by atoms with Crippen LogP contribution in [0, 0.1) is 11.8 Å². The number of carboxylic acids is 1. The van der Waals surface area contributed by atoms with Gasteiger partial charge in [0.05, 0.1) is 6.42 Å². The zero-order chi connectivity index (χ0) is 20.8. The summed E-state index contributed by atoms with van der Waals surface area (Å²) in [6.45, 7) is 0.302. The summed E-state index contributed by atoms with van der Waals surface area (Å²) in [7, 11) is 0. The van der Waals surface area contributed by atoms with Crippen molar-refractivity contribution < 1.29 is 14.6 Å². The molecule has 0 amide bonds. The number of carbonyl (C=O) groups is 1. The highest BCUT2D eigenvalue weighted by atomic mass is 16.5. The number of aliphatic carboxylic acids is 1. The summed E-state index contributed by atoms with van der Waals surface area (Å²) in [4.78, 5) is 10.9. The Morgan fingerprint density at radius 3 is 2.43 bits per heavy atom. The predicted molar refractivity (Wildman–Crippen MR) is 120 cm³/mol. The zero-order valence-electron chi connectivity index (χ0n) is 16.3. The highest BCUT2D eigenvalue weighted by Gasteiger charge is 2.04. The van der Waals surface area contributed by atoms with Crippen LogP contribution >= 0.6 is 0 Å². The minimum absolute atomic E-state index is 0.0183. The van der Waals surface area contributed by atoms with E-state index in [-0.39, 0.29) is 6.42 Å². The summed E-state index contributed by atoms with van der Waals surface area (Å²) in [6, 6.07) is 29.6. The van der Waals surface area contributed by atoms with Crippen molar-refractivity contribution in [3.8, 4) is 28.7 Å². The van der Waals surface area contributed by atoms with Gasteiger partial charge in [-0.25, -0.2) is 0 Å². The molecule has 30 heavy (non-hydrogen) atoms. The van der Waals surface area contributed by atoms with Crippen molar-refractivity contribution in [2.75, 3.05) is 6.61 Å². The van der Waals surface area contributed by atoms with Gasteiger partial charge < -0.3 is 9.84 Å². The van der Waals surface area contributed by atoms with Gasteiger partial charge >= 0.3 is 5.97 Å². The smallest absolute Gasteiger partial charge is 0.307 e. The predicted octanol–water partition coefficient (Wildman–Crippen LogP) is 5.56. The van der Waals surface area contributed by atoms with E-state index >= 15 is 0 Å². The second-order valence-electron chi connectivity index (χ2n) is 6.91. The molecule has 4 rings (SSSR count). The third-order valence-electron chi connectivity index (χ3n) is 4.79. The lowest BCUT2D eigenvalue weighted by Gasteiger charge is -2.06. The summed E-state index contributed by atoms with van der Waals surface area (Å²) >= 11 is 0. The van der Waals surface area contributed by atoms with Crippen LogP contribution in [0.25, 0.3) is 21.9 Å². The monoisotopic (exact) mass is 392 g/mol. The maximum atomic E-state index is 10.9. The number of ether oxygens (including phenoxy) is 1. The van der Waals surface area contributed by atoms with Crippen LogP contribution < -0.4 is 4.74 Å². The van der Waals surface area contributed by atoms with Crippen molar-refractivity contribution in [3.05, 3.63) is 102 Å². The Morgan fingerprint density at radius 2 is 1.60 bits per heavy atom. The van der Waals surface area contributed by atoms with E-state index in [0.717, 1.165) is 33.4 Å². The van der Waals surface area contributed by atoms with Gasteiger partial charge in [0, 0.05) is 5.56 Å². The molecule has 0 aromatic heterocycles. The molecule has 0 atom stereocenters. The van der Waals surface area contributed by atoms with Crippen LogP contribution in [-0.2, 0) is 11.2 Å². The molecule has 0 saturated heterocycles. The largest absolute Gasteiger partial charge is 0.481 e. The molecule has 0 aliphatic carbocycles. The number of hydrogen-bond donors (Lipinski definition) is 1. The molecular formula is C27H20O3. The minimum Gasteiger partial charge on any atom is -0.481 e. The Morgan fingerprint density at radius 1 is 0.833 bits per heavy atom. The van der Waals surface area contributed by atoms with Crippen LogP contribution in [0.3, 0.4) is 0 Å². The third kappa shape index (κ3) is 4.68. The van der Waals surface area contributed by atoms with Gasteiger partial charge in [0.15, 0.2) is 0 Å². The van der Waals surface area contributed by atoms with Crippen molar-refractivity contribution in [2.24, 2.45) is 0 Å². The molecule has 0 unspecified atom stereocenters. The average Bonchev–Trinajstić information content (AvgIpc) is 2.77. The van der Waals surface area contributed by atoms with Crippen molar-refractivity contribution in [2.45, 2.75) is 6.42 Å². The van der Waals surface area contributed by atoms with Crippen molar-refractivity contribution in [3.63, 3.8) is 0 Å². The van der Waals surface area contributed by atoms with E-state index in [1.165, 1.54) is 5.39 Å².